The van der Waals surface area contributed by atoms with Crippen LogP contribution in [0.3, 0.4) is 0 Å². The Kier molecular flexibility index (Phi) is 5.86. The number of nitrogens with one attached hydrogen (secondary N) is 2. The minimum Gasteiger partial charge on any atom is -0.444 e. The lowest BCUT2D eigenvalue weighted by Gasteiger charge is -2.20. The van der Waals surface area contributed by atoms with E-state index < -0.39 is 17.5 Å². The Morgan fingerprint density at radius 1 is 1.24 bits per heavy atom. The molecule has 1 heterocycles. The highest BCUT2D eigenvalue weighted by molar-refractivity contribution is 5.93. The highest BCUT2D eigenvalue weighted by Crippen LogP contribution is 2.31. The van der Waals surface area contributed by atoms with Crippen molar-refractivity contribution in [3.8, 4) is 11.1 Å². The van der Waals surface area contributed by atoms with Gasteiger partial charge in [-0.15, -0.1) is 0 Å². The summed E-state index contributed by atoms with van der Waals surface area (Å²) in [4.78, 5) is 27.9. The summed E-state index contributed by atoms with van der Waals surface area (Å²) < 4.78 is 20.0. The lowest BCUT2D eigenvalue weighted by atomic mass is 9.99. The van der Waals surface area contributed by atoms with Crippen molar-refractivity contribution >= 4 is 17.8 Å². The summed E-state index contributed by atoms with van der Waals surface area (Å²) in [5.74, 6) is 0.0143. The van der Waals surface area contributed by atoms with Crippen molar-refractivity contribution in [1.82, 2.24) is 10.3 Å². The monoisotopic (exact) mass is 399 g/mol. The normalized spacial score (nSPS) is 13.7. The van der Waals surface area contributed by atoms with E-state index in [-0.39, 0.29) is 18.4 Å². The van der Waals surface area contributed by atoms with Gasteiger partial charge >= 0.3 is 6.09 Å². The summed E-state index contributed by atoms with van der Waals surface area (Å²) >= 11 is 0. The second-order valence-electron chi connectivity index (χ2n) is 8.31. The van der Waals surface area contributed by atoms with Gasteiger partial charge in [0.2, 0.25) is 5.91 Å². The van der Waals surface area contributed by atoms with Gasteiger partial charge in [-0.2, -0.15) is 0 Å². The highest BCUT2D eigenvalue weighted by atomic mass is 19.1. The van der Waals surface area contributed by atoms with Crippen molar-refractivity contribution in [2.45, 2.75) is 52.7 Å². The van der Waals surface area contributed by atoms with Gasteiger partial charge in [-0.3, -0.25) is 4.79 Å². The molecule has 29 heavy (non-hydrogen) atoms. The zero-order valence-corrected chi connectivity index (χ0v) is 17.1. The smallest absolute Gasteiger partial charge is 0.407 e. The molecule has 0 aliphatic heterocycles. The number of anilines is 1. The first-order valence-corrected chi connectivity index (χ1v) is 9.65. The Hall–Kier alpha value is -2.96. The summed E-state index contributed by atoms with van der Waals surface area (Å²) in [6.07, 6.45) is 2.80. The number of amides is 2. The van der Waals surface area contributed by atoms with Crippen molar-refractivity contribution in [2.24, 2.45) is 5.92 Å². The number of alkyl carbamates (subject to hydrolysis) is 1. The van der Waals surface area contributed by atoms with Gasteiger partial charge in [0.05, 0.1) is 0 Å². The van der Waals surface area contributed by atoms with E-state index in [1.807, 2.05) is 6.92 Å². The summed E-state index contributed by atoms with van der Waals surface area (Å²) in [5, 5.41) is 5.42. The third-order valence-corrected chi connectivity index (χ3v) is 4.52. The van der Waals surface area contributed by atoms with Crippen molar-refractivity contribution in [3.63, 3.8) is 0 Å². The third-order valence-electron chi connectivity index (χ3n) is 4.52. The Bertz CT molecular complexity index is 933. The number of ether oxygens (including phenoxy) is 1. The molecule has 7 heteroatoms. The number of hydrogen-bond acceptors (Lipinski definition) is 4. The molecule has 3 rings (SSSR count). The number of halogens is 1. The molecule has 1 aliphatic rings. The maximum absolute atomic E-state index is 14.8. The Labute approximate surface area is 169 Å². The first-order chi connectivity index (χ1) is 13.6. The van der Waals surface area contributed by atoms with Crippen LogP contribution >= 0.6 is 0 Å². The van der Waals surface area contributed by atoms with Crippen LogP contribution in [0.25, 0.3) is 11.1 Å². The summed E-state index contributed by atoms with van der Waals surface area (Å²) in [7, 11) is 0. The molecule has 1 aromatic carbocycles. The van der Waals surface area contributed by atoms with Crippen molar-refractivity contribution in [1.29, 1.82) is 0 Å². The van der Waals surface area contributed by atoms with E-state index in [2.05, 4.69) is 15.6 Å². The predicted molar refractivity (Wildman–Crippen MR) is 109 cm³/mol. The van der Waals surface area contributed by atoms with Crippen LogP contribution in [0.1, 0.15) is 44.7 Å². The Morgan fingerprint density at radius 2 is 1.97 bits per heavy atom. The van der Waals surface area contributed by atoms with E-state index in [4.69, 9.17) is 4.74 Å². The number of carbonyl (C=O) groups excluding carboxylic acids is 2. The molecule has 1 fully saturated rings. The van der Waals surface area contributed by atoms with Crippen LogP contribution in [0.2, 0.25) is 0 Å². The Morgan fingerprint density at radius 3 is 2.62 bits per heavy atom. The molecule has 0 atom stereocenters. The van der Waals surface area contributed by atoms with Gasteiger partial charge in [0.1, 0.15) is 17.2 Å². The number of hydrogen-bond donors (Lipinski definition) is 2. The SMILES string of the molecule is Cc1cc(-c2ccnc(NC(=O)C3CC3)c2)c(F)cc1CNC(=O)OC(C)(C)C. The number of carbonyl (C=O) groups is 2. The van der Waals surface area contributed by atoms with Crippen LogP contribution in [0.5, 0.6) is 0 Å². The summed E-state index contributed by atoms with van der Waals surface area (Å²) in [6.45, 7) is 7.36. The fourth-order valence-corrected chi connectivity index (χ4v) is 2.86. The lowest BCUT2D eigenvalue weighted by molar-refractivity contribution is -0.117. The van der Waals surface area contributed by atoms with E-state index in [9.17, 15) is 14.0 Å². The molecule has 1 saturated carbocycles. The van der Waals surface area contributed by atoms with E-state index in [1.165, 1.54) is 6.07 Å². The number of aryl methyl sites for hydroxylation is 1. The van der Waals surface area contributed by atoms with Gasteiger partial charge in [0.15, 0.2) is 0 Å². The third kappa shape index (κ3) is 5.76. The fraction of sp³-hybridized carbons (Fsp3) is 0.409. The average molecular weight is 399 g/mol. The quantitative estimate of drug-likeness (QED) is 0.772. The molecular formula is C22H26FN3O3. The van der Waals surface area contributed by atoms with Crippen molar-refractivity contribution in [2.75, 3.05) is 5.32 Å². The van der Waals surface area contributed by atoms with Crippen molar-refractivity contribution < 1.29 is 18.7 Å². The number of nitrogens with zero attached hydrogens (tertiary/aromatic N) is 1. The average Bonchev–Trinajstić information content (AvgIpc) is 3.46. The van der Waals surface area contributed by atoms with Crippen LogP contribution in [0, 0.1) is 18.7 Å². The van der Waals surface area contributed by atoms with Gasteiger partial charge < -0.3 is 15.4 Å². The molecule has 6 nitrogen and oxygen atoms in total. The Balaban J connectivity index is 1.73. The topological polar surface area (TPSA) is 80.3 Å². The standard InChI is InChI=1S/C22H26FN3O3/c1-13-9-17(15-7-8-24-19(11-15)26-20(27)14-5-6-14)18(23)10-16(13)12-25-21(28)29-22(2,3)4/h7-11,14H,5-6,12H2,1-4H3,(H,25,28)(H,24,26,27). The number of rotatable bonds is 5. The maximum atomic E-state index is 14.8. The maximum Gasteiger partial charge on any atom is 0.407 e. The molecular weight excluding hydrogens is 373 g/mol. The van der Waals surface area contributed by atoms with Crippen LogP contribution < -0.4 is 10.6 Å². The van der Waals surface area contributed by atoms with Crippen LogP contribution in [0.15, 0.2) is 30.5 Å². The number of pyridine rings is 1. The largest absolute Gasteiger partial charge is 0.444 e. The van der Waals surface area contributed by atoms with E-state index in [1.54, 1.807) is 45.2 Å². The number of aromatic nitrogens is 1. The molecule has 1 aliphatic carbocycles. The van der Waals surface area contributed by atoms with Crippen LogP contribution in [-0.4, -0.2) is 22.6 Å². The molecule has 2 amide bonds. The molecule has 2 N–H and O–H groups in total. The molecule has 0 bridgehead atoms. The zero-order valence-electron chi connectivity index (χ0n) is 17.1. The summed E-state index contributed by atoms with van der Waals surface area (Å²) in [6, 6.07) is 6.49. The van der Waals surface area contributed by atoms with Gasteiger partial charge in [0, 0.05) is 24.2 Å². The molecule has 154 valence electrons. The van der Waals surface area contributed by atoms with Gasteiger partial charge in [-0.25, -0.2) is 14.2 Å². The molecule has 1 aromatic heterocycles. The number of benzene rings is 1. The molecule has 0 saturated heterocycles. The van der Waals surface area contributed by atoms with Gasteiger partial charge in [0.25, 0.3) is 0 Å². The van der Waals surface area contributed by atoms with Gasteiger partial charge in [-0.1, -0.05) is 0 Å². The highest BCUT2D eigenvalue weighted by Gasteiger charge is 2.29. The van der Waals surface area contributed by atoms with Crippen LogP contribution in [-0.2, 0) is 16.1 Å². The second kappa shape index (κ2) is 8.19. The van der Waals surface area contributed by atoms with E-state index in [0.717, 1.165) is 18.4 Å². The second-order valence-corrected chi connectivity index (χ2v) is 8.31. The molecule has 0 spiro atoms. The van der Waals surface area contributed by atoms with E-state index in [0.29, 0.717) is 22.5 Å². The molecule has 0 radical (unpaired) electrons. The molecule has 0 unspecified atom stereocenters. The van der Waals surface area contributed by atoms with Gasteiger partial charge in [-0.05, 0) is 81.5 Å². The minimum absolute atomic E-state index is 0.0464. The fourth-order valence-electron chi connectivity index (χ4n) is 2.86. The minimum atomic E-state index is -0.595. The van der Waals surface area contributed by atoms with E-state index >= 15 is 0 Å². The summed E-state index contributed by atoms with van der Waals surface area (Å²) in [5.41, 5.74) is 1.93. The first kappa shape index (κ1) is 20.8. The van der Waals surface area contributed by atoms with Crippen molar-refractivity contribution in [3.05, 3.63) is 47.4 Å². The predicted octanol–water partition coefficient (Wildman–Crippen LogP) is 4.57. The zero-order chi connectivity index (χ0) is 21.2. The molecule has 2 aromatic rings. The van der Waals surface area contributed by atoms with Crippen LogP contribution in [0.4, 0.5) is 15.0 Å². The first-order valence-electron chi connectivity index (χ1n) is 9.65. The lowest BCUT2D eigenvalue weighted by Crippen LogP contribution is -2.32.